The maximum absolute atomic E-state index is 5.49. The Hall–Kier alpha value is -1.30. The van der Waals surface area contributed by atoms with Crippen molar-refractivity contribution in [2.24, 2.45) is 0 Å². The van der Waals surface area contributed by atoms with Gasteiger partial charge in [-0.25, -0.2) is 0 Å². The molecule has 1 saturated heterocycles. The van der Waals surface area contributed by atoms with Crippen LogP contribution in [0.5, 0.6) is 11.5 Å². The summed E-state index contributed by atoms with van der Waals surface area (Å²) in [6, 6.07) is 6.54. The van der Waals surface area contributed by atoms with Gasteiger partial charge in [-0.1, -0.05) is 13.0 Å². The summed E-state index contributed by atoms with van der Waals surface area (Å²) in [5.41, 5.74) is 1.25. The molecule has 0 amide bonds. The van der Waals surface area contributed by atoms with Crippen LogP contribution in [0.15, 0.2) is 18.2 Å². The summed E-state index contributed by atoms with van der Waals surface area (Å²) >= 11 is 0. The zero-order chi connectivity index (χ0) is 14.7. The van der Waals surface area contributed by atoms with Gasteiger partial charge in [-0.3, -0.25) is 4.90 Å². The van der Waals surface area contributed by atoms with E-state index < -0.39 is 0 Å². The standard InChI is InChI=1S/C16H24N2O3/c1-3-17-14(10-18-7-6-13(9-18)19-2)12-4-5-15-16(8-12)21-11-20-15/h4-5,8,13-14,17H,3,6-7,9-11H2,1-2H3. The second-order valence-electron chi connectivity index (χ2n) is 5.63. The summed E-state index contributed by atoms with van der Waals surface area (Å²) in [7, 11) is 1.80. The lowest BCUT2D eigenvalue weighted by Crippen LogP contribution is -2.34. The van der Waals surface area contributed by atoms with Gasteiger partial charge in [0.05, 0.1) is 6.10 Å². The number of rotatable bonds is 6. The van der Waals surface area contributed by atoms with Crippen molar-refractivity contribution in [2.75, 3.05) is 40.1 Å². The van der Waals surface area contributed by atoms with Gasteiger partial charge in [-0.15, -0.1) is 0 Å². The third-order valence-corrected chi connectivity index (χ3v) is 4.25. The minimum atomic E-state index is 0.306. The molecule has 0 saturated carbocycles. The van der Waals surface area contributed by atoms with Gasteiger partial charge in [0.2, 0.25) is 6.79 Å². The molecule has 1 N–H and O–H groups in total. The minimum Gasteiger partial charge on any atom is -0.454 e. The van der Waals surface area contributed by atoms with Crippen LogP contribution in [0.3, 0.4) is 0 Å². The normalized spacial score (nSPS) is 22.7. The molecule has 21 heavy (non-hydrogen) atoms. The predicted octanol–water partition coefficient (Wildman–Crippen LogP) is 1.79. The monoisotopic (exact) mass is 292 g/mol. The summed E-state index contributed by atoms with van der Waals surface area (Å²) in [5.74, 6) is 1.70. The highest BCUT2D eigenvalue weighted by atomic mass is 16.7. The molecule has 0 radical (unpaired) electrons. The van der Waals surface area contributed by atoms with Crippen LogP contribution in [0.1, 0.15) is 24.9 Å². The highest BCUT2D eigenvalue weighted by molar-refractivity contribution is 5.45. The third-order valence-electron chi connectivity index (χ3n) is 4.25. The Bertz CT molecular complexity index is 481. The van der Waals surface area contributed by atoms with E-state index >= 15 is 0 Å². The van der Waals surface area contributed by atoms with Crippen LogP contribution < -0.4 is 14.8 Å². The molecule has 1 aromatic carbocycles. The van der Waals surface area contributed by atoms with Gasteiger partial charge in [0, 0.05) is 32.8 Å². The Kier molecular flexibility index (Phi) is 4.63. The molecule has 2 aliphatic rings. The Morgan fingerprint density at radius 1 is 1.38 bits per heavy atom. The lowest BCUT2D eigenvalue weighted by molar-refractivity contribution is 0.106. The smallest absolute Gasteiger partial charge is 0.231 e. The number of nitrogens with zero attached hydrogens (tertiary/aromatic N) is 1. The number of hydrogen-bond donors (Lipinski definition) is 1. The second-order valence-corrected chi connectivity index (χ2v) is 5.63. The lowest BCUT2D eigenvalue weighted by atomic mass is 10.1. The topological polar surface area (TPSA) is 43.0 Å². The Morgan fingerprint density at radius 2 is 2.24 bits per heavy atom. The molecular weight excluding hydrogens is 268 g/mol. The largest absolute Gasteiger partial charge is 0.454 e. The quantitative estimate of drug-likeness (QED) is 0.866. The first-order chi connectivity index (χ1) is 10.3. The second kappa shape index (κ2) is 6.64. The molecule has 3 rings (SSSR count). The number of likely N-dealkylation sites (tertiary alicyclic amines) is 1. The van der Waals surface area contributed by atoms with Crippen molar-refractivity contribution in [3.8, 4) is 11.5 Å². The number of likely N-dealkylation sites (N-methyl/N-ethyl adjacent to an activating group) is 1. The van der Waals surface area contributed by atoms with Crippen molar-refractivity contribution in [2.45, 2.75) is 25.5 Å². The van der Waals surface area contributed by atoms with E-state index in [-0.39, 0.29) is 0 Å². The molecule has 0 spiro atoms. The van der Waals surface area contributed by atoms with Crippen molar-refractivity contribution in [3.63, 3.8) is 0 Å². The van der Waals surface area contributed by atoms with E-state index in [9.17, 15) is 0 Å². The zero-order valence-electron chi connectivity index (χ0n) is 12.8. The van der Waals surface area contributed by atoms with E-state index in [4.69, 9.17) is 14.2 Å². The fraction of sp³-hybridized carbons (Fsp3) is 0.625. The van der Waals surface area contributed by atoms with Crippen molar-refractivity contribution in [1.29, 1.82) is 0 Å². The van der Waals surface area contributed by atoms with Gasteiger partial charge in [0.1, 0.15) is 0 Å². The van der Waals surface area contributed by atoms with Gasteiger partial charge in [0.15, 0.2) is 11.5 Å². The van der Waals surface area contributed by atoms with Crippen LogP contribution in [0, 0.1) is 0 Å². The molecular formula is C16H24N2O3. The highest BCUT2D eigenvalue weighted by Gasteiger charge is 2.25. The van der Waals surface area contributed by atoms with E-state index in [2.05, 4.69) is 29.3 Å². The number of hydrogen-bond acceptors (Lipinski definition) is 5. The van der Waals surface area contributed by atoms with Crippen LogP contribution in [0.4, 0.5) is 0 Å². The van der Waals surface area contributed by atoms with Gasteiger partial charge >= 0.3 is 0 Å². The van der Waals surface area contributed by atoms with Crippen molar-refractivity contribution >= 4 is 0 Å². The Labute approximate surface area is 126 Å². The molecule has 2 unspecified atom stereocenters. The average Bonchev–Trinajstić information content (AvgIpc) is 3.14. The van der Waals surface area contributed by atoms with Crippen LogP contribution >= 0.6 is 0 Å². The van der Waals surface area contributed by atoms with Crippen LogP contribution in [0.2, 0.25) is 0 Å². The van der Waals surface area contributed by atoms with Crippen LogP contribution in [0.25, 0.3) is 0 Å². The fourth-order valence-corrected chi connectivity index (χ4v) is 3.08. The first-order valence-corrected chi connectivity index (χ1v) is 7.68. The number of methoxy groups -OCH3 is 1. The summed E-state index contributed by atoms with van der Waals surface area (Å²) in [5, 5.41) is 3.57. The summed E-state index contributed by atoms with van der Waals surface area (Å²) in [6.07, 6.45) is 1.50. The Balaban J connectivity index is 1.69. The van der Waals surface area contributed by atoms with Gasteiger partial charge in [0.25, 0.3) is 0 Å². The summed E-state index contributed by atoms with van der Waals surface area (Å²) in [6.45, 7) is 6.52. The fourth-order valence-electron chi connectivity index (χ4n) is 3.08. The lowest BCUT2D eigenvalue weighted by Gasteiger charge is -2.25. The number of benzene rings is 1. The van der Waals surface area contributed by atoms with E-state index in [0.717, 1.165) is 44.1 Å². The van der Waals surface area contributed by atoms with E-state index in [1.54, 1.807) is 7.11 Å². The summed E-state index contributed by atoms with van der Waals surface area (Å²) in [4.78, 5) is 2.46. The molecule has 0 aliphatic carbocycles. The van der Waals surface area contributed by atoms with Crippen LogP contribution in [-0.4, -0.2) is 51.1 Å². The summed E-state index contributed by atoms with van der Waals surface area (Å²) < 4.78 is 16.3. The van der Waals surface area contributed by atoms with E-state index in [0.29, 0.717) is 18.9 Å². The van der Waals surface area contributed by atoms with Gasteiger partial charge in [-0.05, 0) is 30.7 Å². The van der Waals surface area contributed by atoms with Gasteiger partial charge in [-0.2, -0.15) is 0 Å². The molecule has 5 nitrogen and oxygen atoms in total. The van der Waals surface area contributed by atoms with Crippen molar-refractivity contribution < 1.29 is 14.2 Å². The molecule has 2 atom stereocenters. The zero-order valence-corrected chi connectivity index (χ0v) is 12.8. The number of nitrogens with one attached hydrogen (secondary N) is 1. The van der Waals surface area contributed by atoms with Crippen molar-refractivity contribution in [1.82, 2.24) is 10.2 Å². The first kappa shape index (κ1) is 14.6. The maximum atomic E-state index is 5.49. The number of fused-ring (bicyclic) bond motifs is 1. The minimum absolute atomic E-state index is 0.306. The molecule has 116 valence electrons. The van der Waals surface area contributed by atoms with Crippen LogP contribution in [-0.2, 0) is 4.74 Å². The average molecular weight is 292 g/mol. The van der Waals surface area contributed by atoms with Gasteiger partial charge < -0.3 is 19.5 Å². The van der Waals surface area contributed by atoms with E-state index in [1.165, 1.54) is 5.56 Å². The third kappa shape index (κ3) is 3.31. The maximum Gasteiger partial charge on any atom is 0.231 e. The molecule has 5 heteroatoms. The van der Waals surface area contributed by atoms with Crippen molar-refractivity contribution in [3.05, 3.63) is 23.8 Å². The number of ether oxygens (including phenoxy) is 3. The predicted molar refractivity (Wildman–Crippen MR) is 80.8 cm³/mol. The Morgan fingerprint density at radius 3 is 3.00 bits per heavy atom. The molecule has 1 aromatic rings. The molecule has 2 aliphatic heterocycles. The SMILES string of the molecule is CCNC(CN1CCC(OC)C1)c1ccc2c(c1)OCO2. The molecule has 0 aromatic heterocycles. The molecule has 1 fully saturated rings. The first-order valence-electron chi connectivity index (χ1n) is 7.68. The highest BCUT2D eigenvalue weighted by Crippen LogP contribution is 2.34. The molecule has 2 heterocycles. The van der Waals surface area contributed by atoms with E-state index in [1.807, 2.05) is 6.07 Å². The molecule has 0 bridgehead atoms.